The summed E-state index contributed by atoms with van der Waals surface area (Å²) >= 11 is 0. The van der Waals surface area contributed by atoms with Gasteiger partial charge in [-0.15, -0.1) is 0 Å². The molecule has 0 aromatic heterocycles. The van der Waals surface area contributed by atoms with E-state index in [-0.39, 0.29) is 12.0 Å². The molecule has 23 heavy (non-hydrogen) atoms. The fraction of sp³-hybridized carbons (Fsp3) is 0.632. The highest BCUT2D eigenvalue weighted by Crippen LogP contribution is 2.31. The minimum absolute atomic E-state index is 0.0546. The first-order chi connectivity index (χ1) is 10.9. The van der Waals surface area contributed by atoms with Gasteiger partial charge in [0.05, 0.1) is 13.2 Å². The quantitative estimate of drug-likeness (QED) is 0.819. The summed E-state index contributed by atoms with van der Waals surface area (Å²) in [4.78, 5) is 14.6. The van der Waals surface area contributed by atoms with Crippen molar-refractivity contribution in [1.82, 2.24) is 4.90 Å². The van der Waals surface area contributed by atoms with E-state index in [1.807, 2.05) is 37.9 Å². The van der Waals surface area contributed by atoms with Crippen LogP contribution in [0.2, 0.25) is 0 Å². The second-order valence-electron chi connectivity index (χ2n) is 6.86. The van der Waals surface area contributed by atoms with Crippen LogP contribution in [-0.2, 0) is 0 Å². The van der Waals surface area contributed by atoms with Crippen LogP contribution in [0.3, 0.4) is 0 Å². The Kier molecular flexibility index (Phi) is 5.91. The van der Waals surface area contributed by atoms with Gasteiger partial charge >= 0.3 is 0 Å². The molecule has 0 radical (unpaired) electrons. The molecule has 4 heteroatoms. The zero-order chi connectivity index (χ0) is 17.0. The first kappa shape index (κ1) is 17.6. The van der Waals surface area contributed by atoms with Crippen molar-refractivity contribution < 1.29 is 14.3 Å². The number of hydrogen-bond donors (Lipinski definition) is 0. The molecule has 128 valence electrons. The minimum Gasteiger partial charge on any atom is -0.493 e. The average molecular weight is 319 g/mol. The van der Waals surface area contributed by atoms with E-state index in [9.17, 15) is 4.79 Å². The van der Waals surface area contributed by atoms with Gasteiger partial charge in [0.2, 0.25) is 0 Å². The molecule has 1 aliphatic carbocycles. The van der Waals surface area contributed by atoms with Crippen molar-refractivity contribution in [3.8, 4) is 11.5 Å². The summed E-state index contributed by atoms with van der Waals surface area (Å²) < 4.78 is 11.1. The van der Waals surface area contributed by atoms with E-state index in [0.29, 0.717) is 23.1 Å². The van der Waals surface area contributed by atoms with E-state index in [1.54, 1.807) is 13.2 Å². The van der Waals surface area contributed by atoms with Gasteiger partial charge in [-0.05, 0) is 63.6 Å². The Hall–Kier alpha value is -1.71. The van der Waals surface area contributed by atoms with Gasteiger partial charge in [0, 0.05) is 18.7 Å². The molecule has 4 nitrogen and oxygen atoms in total. The maximum Gasteiger partial charge on any atom is 0.253 e. The van der Waals surface area contributed by atoms with Crippen molar-refractivity contribution in [3.05, 3.63) is 23.8 Å². The molecule has 0 bridgehead atoms. The number of amides is 1. The number of carbonyl (C=O) groups excluding carboxylic acids is 1. The minimum atomic E-state index is 0.0546. The van der Waals surface area contributed by atoms with Gasteiger partial charge in [-0.25, -0.2) is 0 Å². The summed E-state index contributed by atoms with van der Waals surface area (Å²) in [5, 5.41) is 0. The van der Waals surface area contributed by atoms with E-state index < -0.39 is 0 Å². The molecule has 0 saturated heterocycles. The molecule has 1 aromatic carbocycles. The molecule has 0 spiro atoms. The van der Waals surface area contributed by atoms with E-state index in [2.05, 4.69) is 6.92 Å². The Morgan fingerprint density at radius 3 is 2.39 bits per heavy atom. The molecule has 2 rings (SSSR count). The lowest BCUT2D eigenvalue weighted by molar-refractivity contribution is 0.0679. The van der Waals surface area contributed by atoms with Crippen LogP contribution in [-0.4, -0.2) is 37.1 Å². The van der Waals surface area contributed by atoms with Crippen molar-refractivity contribution in [2.45, 2.75) is 58.6 Å². The summed E-state index contributed by atoms with van der Waals surface area (Å²) in [6.07, 6.45) is 4.65. The summed E-state index contributed by atoms with van der Waals surface area (Å²) in [7, 11) is 3.51. The van der Waals surface area contributed by atoms with Crippen LogP contribution >= 0.6 is 0 Å². The van der Waals surface area contributed by atoms with Gasteiger partial charge in [0.1, 0.15) is 0 Å². The Balaban J connectivity index is 2.12. The van der Waals surface area contributed by atoms with E-state index in [4.69, 9.17) is 9.47 Å². The molecule has 1 saturated carbocycles. The van der Waals surface area contributed by atoms with Gasteiger partial charge in [-0.3, -0.25) is 4.79 Å². The molecule has 1 amide bonds. The predicted octanol–water partition coefficient (Wildman–Crippen LogP) is 4.13. The van der Waals surface area contributed by atoms with Crippen molar-refractivity contribution in [2.75, 3.05) is 14.2 Å². The Labute approximate surface area is 139 Å². The zero-order valence-corrected chi connectivity index (χ0v) is 15.0. The Morgan fingerprint density at radius 1 is 1.17 bits per heavy atom. The number of nitrogens with zero attached hydrogens (tertiary/aromatic N) is 1. The number of benzene rings is 1. The van der Waals surface area contributed by atoms with Gasteiger partial charge in [0.25, 0.3) is 5.91 Å². The maximum atomic E-state index is 12.8. The van der Waals surface area contributed by atoms with Crippen LogP contribution in [0, 0.1) is 5.92 Å². The topological polar surface area (TPSA) is 38.8 Å². The number of rotatable bonds is 5. The molecule has 0 aliphatic heterocycles. The molecular weight excluding hydrogens is 290 g/mol. The number of ether oxygens (including phenoxy) is 2. The first-order valence-electron chi connectivity index (χ1n) is 8.54. The zero-order valence-electron chi connectivity index (χ0n) is 15.0. The standard InChI is InChI=1S/C19H29NO3/c1-13(2)23-17-11-8-15(12-18(17)22-5)19(21)20(4)16-9-6-14(3)7-10-16/h8,11-14,16H,6-7,9-10H2,1-5H3. The van der Waals surface area contributed by atoms with Crippen molar-refractivity contribution in [3.63, 3.8) is 0 Å². The van der Waals surface area contributed by atoms with Crippen molar-refractivity contribution >= 4 is 5.91 Å². The smallest absolute Gasteiger partial charge is 0.253 e. The molecule has 0 atom stereocenters. The fourth-order valence-electron chi connectivity index (χ4n) is 3.15. The number of methoxy groups -OCH3 is 1. The van der Waals surface area contributed by atoms with Crippen molar-refractivity contribution in [1.29, 1.82) is 0 Å². The average Bonchev–Trinajstić information content (AvgIpc) is 2.54. The lowest BCUT2D eigenvalue weighted by Crippen LogP contribution is -2.39. The maximum absolute atomic E-state index is 12.8. The van der Waals surface area contributed by atoms with Gasteiger partial charge in [-0.1, -0.05) is 6.92 Å². The summed E-state index contributed by atoms with van der Waals surface area (Å²) in [6.45, 7) is 6.23. The number of hydrogen-bond acceptors (Lipinski definition) is 3. The molecule has 1 fully saturated rings. The third-order valence-electron chi connectivity index (χ3n) is 4.63. The van der Waals surface area contributed by atoms with Crippen LogP contribution in [0.4, 0.5) is 0 Å². The Bertz CT molecular complexity index is 533. The van der Waals surface area contributed by atoms with E-state index in [0.717, 1.165) is 18.8 Å². The van der Waals surface area contributed by atoms with Crippen LogP contribution in [0.25, 0.3) is 0 Å². The fourth-order valence-corrected chi connectivity index (χ4v) is 3.15. The van der Waals surface area contributed by atoms with Crippen LogP contribution in [0.1, 0.15) is 56.8 Å². The third kappa shape index (κ3) is 4.40. The van der Waals surface area contributed by atoms with Crippen LogP contribution in [0.15, 0.2) is 18.2 Å². The molecule has 0 heterocycles. The lowest BCUT2D eigenvalue weighted by Gasteiger charge is -2.33. The van der Waals surface area contributed by atoms with Gasteiger partial charge < -0.3 is 14.4 Å². The predicted molar refractivity (Wildman–Crippen MR) is 92.3 cm³/mol. The summed E-state index contributed by atoms with van der Waals surface area (Å²) in [5.41, 5.74) is 0.652. The van der Waals surface area contributed by atoms with Crippen LogP contribution < -0.4 is 9.47 Å². The van der Waals surface area contributed by atoms with Gasteiger partial charge in [-0.2, -0.15) is 0 Å². The lowest BCUT2D eigenvalue weighted by atomic mass is 9.86. The first-order valence-corrected chi connectivity index (χ1v) is 8.54. The molecular formula is C19H29NO3. The molecule has 1 aromatic rings. The summed E-state index contributed by atoms with van der Waals surface area (Å²) in [6, 6.07) is 5.77. The van der Waals surface area contributed by atoms with E-state index in [1.165, 1.54) is 12.8 Å². The van der Waals surface area contributed by atoms with Crippen molar-refractivity contribution in [2.24, 2.45) is 5.92 Å². The highest BCUT2D eigenvalue weighted by atomic mass is 16.5. The van der Waals surface area contributed by atoms with E-state index >= 15 is 0 Å². The molecule has 0 N–H and O–H groups in total. The highest BCUT2D eigenvalue weighted by Gasteiger charge is 2.26. The van der Waals surface area contributed by atoms with Gasteiger partial charge in [0.15, 0.2) is 11.5 Å². The van der Waals surface area contributed by atoms with Crippen LogP contribution in [0.5, 0.6) is 11.5 Å². The third-order valence-corrected chi connectivity index (χ3v) is 4.63. The summed E-state index contributed by atoms with van der Waals surface area (Å²) in [5.74, 6) is 2.12. The monoisotopic (exact) mass is 319 g/mol. The normalized spacial score (nSPS) is 21.1. The number of carbonyl (C=O) groups is 1. The molecule has 0 unspecified atom stereocenters. The second-order valence-corrected chi connectivity index (χ2v) is 6.86. The SMILES string of the molecule is COc1cc(C(=O)N(C)C2CCC(C)CC2)ccc1OC(C)C. The second kappa shape index (κ2) is 7.71. The highest BCUT2D eigenvalue weighted by molar-refractivity contribution is 5.95. The largest absolute Gasteiger partial charge is 0.493 e. The molecule has 1 aliphatic rings. The Morgan fingerprint density at radius 2 is 1.83 bits per heavy atom.